The fourth-order valence-corrected chi connectivity index (χ4v) is 3.94. The number of hydrogen-bond acceptors (Lipinski definition) is 7. The highest BCUT2D eigenvalue weighted by atomic mass is 32.2. The summed E-state index contributed by atoms with van der Waals surface area (Å²) in [6.45, 7) is 0.665. The molecule has 8 nitrogen and oxygen atoms in total. The smallest absolute Gasteiger partial charge is 0.243 e. The van der Waals surface area contributed by atoms with E-state index in [0.717, 1.165) is 0 Å². The lowest BCUT2D eigenvalue weighted by molar-refractivity contribution is -0.00465. The van der Waals surface area contributed by atoms with Gasteiger partial charge in [-0.05, 0) is 24.3 Å². The van der Waals surface area contributed by atoms with Gasteiger partial charge in [0.1, 0.15) is 23.4 Å². The van der Waals surface area contributed by atoms with E-state index in [1.54, 1.807) is 12.1 Å². The van der Waals surface area contributed by atoms with Gasteiger partial charge in [0.15, 0.2) is 0 Å². The topological polar surface area (TPSA) is 108 Å². The first-order valence-electron chi connectivity index (χ1n) is 7.34. The van der Waals surface area contributed by atoms with Gasteiger partial charge in [-0.3, -0.25) is 4.98 Å². The van der Waals surface area contributed by atoms with Gasteiger partial charge >= 0.3 is 0 Å². The summed E-state index contributed by atoms with van der Waals surface area (Å²) >= 11 is 0. The third-order valence-electron chi connectivity index (χ3n) is 3.79. The highest BCUT2D eigenvalue weighted by Crippen LogP contribution is 2.28. The molecule has 1 aliphatic heterocycles. The molecule has 0 amide bonds. The van der Waals surface area contributed by atoms with Crippen LogP contribution in [0.2, 0.25) is 0 Å². The Morgan fingerprint density at radius 1 is 1.25 bits per heavy atom. The summed E-state index contributed by atoms with van der Waals surface area (Å²) in [5, 5.41) is 0. The molecule has 0 unspecified atom stereocenters. The lowest BCUT2D eigenvalue weighted by atomic mass is 10.2. The van der Waals surface area contributed by atoms with Crippen LogP contribution in [0, 0.1) is 0 Å². The van der Waals surface area contributed by atoms with Crippen molar-refractivity contribution in [3.8, 4) is 5.75 Å². The minimum Gasteiger partial charge on any atom is -0.497 e. The minimum absolute atomic E-state index is 0.136. The van der Waals surface area contributed by atoms with Gasteiger partial charge in [-0.15, -0.1) is 0 Å². The molecule has 24 heavy (non-hydrogen) atoms. The molecule has 1 saturated heterocycles. The zero-order valence-electron chi connectivity index (χ0n) is 13.1. The van der Waals surface area contributed by atoms with E-state index in [4.69, 9.17) is 15.2 Å². The summed E-state index contributed by atoms with van der Waals surface area (Å²) in [6, 6.07) is 6.28. The molecule has 0 saturated carbocycles. The van der Waals surface area contributed by atoms with Gasteiger partial charge in [-0.1, -0.05) is 0 Å². The predicted octanol–water partition coefficient (Wildman–Crippen LogP) is 0.830. The number of ether oxygens (including phenoxy) is 2. The fourth-order valence-electron chi connectivity index (χ4n) is 2.51. The maximum Gasteiger partial charge on any atom is 0.243 e. The summed E-state index contributed by atoms with van der Waals surface area (Å²) < 4.78 is 37.7. The molecule has 0 radical (unpaired) electrons. The van der Waals surface area contributed by atoms with Gasteiger partial charge in [-0.2, -0.15) is 4.31 Å². The first kappa shape index (κ1) is 16.6. The summed E-state index contributed by atoms with van der Waals surface area (Å²) in [5.41, 5.74) is 6.26. The second-order valence-electron chi connectivity index (χ2n) is 5.22. The lowest BCUT2D eigenvalue weighted by Crippen LogP contribution is -2.42. The van der Waals surface area contributed by atoms with Crippen molar-refractivity contribution in [1.82, 2.24) is 14.3 Å². The molecule has 2 aromatic rings. The zero-order chi connectivity index (χ0) is 17.2. The number of nitrogens with zero attached hydrogens (tertiary/aromatic N) is 3. The van der Waals surface area contributed by atoms with Gasteiger partial charge in [-0.25, -0.2) is 13.4 Å². The van der Waals surface area contributed by atoms with E-state index in [2.05, 4.69) is 9.97 Å². The lowest BCUT2D eigenvalue weighted by Gasteiger charge is -2.32. The molecule has 2 N–H and O–H groups in total. The summed E-state index contributed by atoms with van der Waals surface area (Å²) in [6.07, 6.45) is 2.44. The normalized spacial score (nSPS) is 19.1. The second-order valence-corrected chi connectivity index (χ2v) is 7.16. The molecule has 1 fully saturated rings. The van der Waals surface area contributed by atoms with Crippen molar-refractivity contribution in [3.05, 3.63) is 42.4 Å². The van der Waals surface area contributed by atoms with Crippen LogP contribution in [0.4, 0.5) is 5.82 Å². The van der Waals surface area contributed by atoms with Crippen LogP contribution in [0.25, 0.3) is 0 Å². The molecular weight excluding hydrogens is 332 g/mol. The summed E-state index contributed by atoms with van der Waals surface area (Å²) in [4.78, 5) is 8.34. The van der Waals surface area contributed by atoms with E-state index in [0.29, 0.717) is 11.4 Å². The highest BCUT2D eigenvalue weighted by Gasteiger charge is 2.33. The van der Waals surface area contributed by atoms with Crippen LogP contribution in [-0.4, -0.2) is 49.5 Å². The number of aromatic nitrogens is 2. The van der Waals surface area contributed by atoms with Crippen molar-refractivity contribution >= 4 is 15.8 Å². The first-order valence-corrected chi connectivity index (χ1v) is 8.78. The maximum absolute atomic E-state index is 12.8. The Morgan fingerprint density at radius 2 is 1.96 bits per heavy atom. The Hall–Kier alpha value is -2.23. The number of nitrogens with two attached hydrogens (primary N) is 1. The Labute approximate surface area is 140 Å². The number of sulfonamides is 1. The fraction of sp³-hybridized carbons (Fsp3) is 0.333. The van der Waals surface area contributed by atoms with Crippen molar-refractivity contribution in [1.29, 1.82) is 0 Å². The average molecular weight is 350 g/mol. The van der Waals surface area contributed by atoms with Crippen LogP contribution in [0.3, 0.4) is 0 Å². The van der Waals surface area contributed by atoms with E-state index in [9.17, 15) is 8.42 Å². The van der Waals surface area contributed by atoms with Crippen molar-refractivity contribution in [3.63, 3.8) is 0 Å². The Bertz CT molecular complexity index is 810. The van der Waals surface area contributed by atoms with E-state index in [1.807, 2.05) is 0 Å². The van der Waals surface area contributed by atoms with Gasteiger partial charge in [0.2, 0.25) is 10.0 Å². The Kier molecular flexibility index (Phi) is 4.65. The molecule has 3 rings (SSSR count). The SMILES string of the molecule is COc1ccc(S(=O)(=O)N2CCO[C@@H](c3nccnc3N)C2)cc1. The second kappa shape index (κ2) is 6.71. The molecule has 2 heterocycles. The number of morpholine rings is 1. The number of nitrogen functional groups attached to an aromatic ring is 1. The third-order valence-corrected chi connectivity index (χ3v) is 5.67. The van der Waals surface area contributed by atoms with E-state index >= 15 is 0 Å². The number of rotatable bonds is 4. The zero-order valence-corrected chi connectivity index (χ0v) is 13.9. The molecule has 1 aromatic carbocycles. The Balaban J connectivity index is 1.84. The number of anilines is 1. The van der Waals surface area contributed by atoms with Crippen LogP contribution in [-0.2, 0) is 14.8 Å². The van der Waals surface area contributed by atoms with Gasteiger partial charge in [0.25, 0.3) is 0 Å². The number of hydrogen-bond donors (Lipinski definition) is 1. The largest absolute Gasteiger partial charge is 0.497 e. The van der Waals surface area contributed by atoms with Crippen molar-refractivity contribution in [2.24, 2.45) is 0 Å². The quantitative estimate of drug-likeness (QED) is 0.870. The number of benzene rings is 1. The van der Waals surface area contributed by atoms with Crippen molar-refractivity contribution < 1.29 is 17.9 Å². The summed E-state index contributed by atoms with van der Waals surface area (Å²) in [5.74, 6) is 0.840. The molecule has 0 spiro atoms. The van der Waals surface area contributed by atoms with Crippen molar-refractivity contribution in [2.75, 3.05) is 32.5 Å². The molecule has 1 atom stereocenters. The van der Waals surface area contributed by atoms with Gasteiger partial charge in [0, 0.05) is 25.5 Å². The number of methoxy groups -OCH3 is 1. The molecule has 0 aliphatic carbocycles. The van der Waals surface area contributed by atoms with E-state index in [1.165, 1.54) is 35.9 Å². The van der Waals surface area contributed by atoms with Gasteiger partial charge < -0.3 is 15.2 Å². The van der Waals surface area contributed by atoms with Crippen LogP contribution in [0.1, 0.15) is 11.8 Å². The Morgan fingerprint density at radius 3 is 2.62 bits per heavy atom. The van der Waals surface area contributed by atoms with Crippen molar-refractivity contribution in [2.45, 2.75) is 11.0 Å². The van der Waals surface area contributed by atoms with Crippen LogP contribution >= 0.6 is 0 Å². The first-order chi connectivity index (χ1) is 11.5. The molecule has 9 heteroatoms. The summed E-state index contributed by atoms with van der Waals surface area (Å²) in [7, 11) is -2.10. The molecule has 128 valence electrons. The molecular formula is C15H18N4O4S. The predicted molar refractivity (Wildman–Crippen MR) is 86.9 cm³/mol. The monoisotopic (exact) mass is 350 g/mol. The van der Waals surface area contributed by atoms with E-state index in [-0.39, 0.29) is 30.4 Å². The highest BCUT2D eigenvalue weighted by molar-refractivity contribution is 7.89. The van der Waals surface area contributed by atoms with Gasteiger partial charge in [0.05, 0.1) is 18.6 Å². The van der Waals surface area contributed by atoms with Crippen LogP contribution < -0.4 is 10.5 Å². The van der Waals surface area contributed by atoms with Crippen LogP contribution in [0.5, 0.6) is 5.75 Å². The minimum atomic E-state index is -3.63. The standard InChI is InChI=1S/C15H18N4O4S/c1-22-11-2-4-12(5-3-11)24(20,21)19-8-9-23-13(10-19)14-15(16)18-7-6-17-14/h2-7,13H,8-10H2,1H3,(H2,16,18)/t13-/m1/s1. The van der Waals surface area contributed by atoms with E-state index < -0.39 is 16.1 Å². The molecule has 1 aromatic heterocycles. The molecule has 0 bridgehead atoms. The third kappa shape index (κ3) is 3.18. The molecule has 1 aliphatic rings. The average Bonchev–Trinajstić information content (AvgIpc) is 2.62. The van der Waals surface area contributed by atoms with Crippen LogP contribution in [0.15, 0.2) is 41.6 Å². The maximum atomic E-state index is 12.8.